The summed E-state index contributed by atoms with van der Waals surface area (Å²) in [6.45, 7) is 6.65. The molecule has 0 saturated carbocycles. The lowest BCUT2D eigenvalue weighted by atomic mass is 10.2. The van der Waals surface area contributed by atoms with Crippen LogP contribution in [-0.4, -0.2) is 43.7 Å². The number of benzene rings is 1. The predicted molar refractivity (Wildman–Crippen MR) is 90.2 cm³/mol. The minimum absolute atomic E-state index is 0.0276. The molecule has 1 amide bonds. The van der Waals surface area contributed by atoms with Crippen LogP contribution in [0.15, 0.2) is 24.3 Å². The van der Waals surface area contributed by atoms with Gasteiger partial charge in [0.2, 0.25) is 5.91 Å². The number of ether oxygens (including phenoxy) is 1. The maximum atomic E-state index is 12.0. The van der Waals surface area contributed by atoms with Crippen LogP contribution in [0.5, 0.6) is 0 Å². The third kappa shape index (κ3) is 4.64. The lowest BCUT2D eigenvalue weighted by molar-refractivity contribution is -0.118. The first-order chi connectivity index (χ1) is 10.1. The summed E-state index contributed by atoms with van der Waals surface area (Å²) in [4.78, 5) is 14.3. The van der Waals surface area contributed by atoms with E-state index in [1.165, 1.54) is 5.69 Å². The number of hydrogen-bond donors (Lipinski definition) is 1. The first-order valence-corrected chi connectivity index (χ1v) is 8.76. The SMILES string of the molecule is CSC[C@H](C)C(=O)Nc1ccc(N2CCO[C@@H](C)C2)cc1. The van der Waals surface area contributed by atoms with Crippen molar-refractivity contribution < 1.29 is 9.53 Å². The average molecular weight is 308 g/mol. The Labute approximate surface area is 131 Å². The quantitative estimate of drug-likeness (QED) is 0.908. The van der Waals surface area contributed by atoms with Gasteiger partial charge in [-0.1, -0.05) is 6.92 Å². The maximum Gasteiger partial charge on any atom is 0.228 e. The summed E-state index contributed by atoms with van der Waals surface area (Å²) < 4.78 is 5.55. The monoisotopic (exact) mass is 308 g/mol. The Morgan fingerprint density at radius 2 is 2.19 bits per heavy atom. The van der Waals surface area contributed by atoms with E-state index in [-0.39, 0.29) is 17.9 Å². The molecule has 1 fully saturated rings. The molecule has 116 valence electrons. The number of carbonyl (C=O) groups excluding carboxylic acids is 1. The summed E-state index contributed by atoms with van der Waals surface area (Å²) in [6, 6.07) is 8.07. The van der Waals surface area contributed by atoms with E-state index in [0.29, 0.717) is 0 Å². The Morgan fingerprint density at radius 3 is 2.81 bits per heavy atom. The number of morpholine rings is 1. The molecular weight excluding hydrogens is 284 g/mol. The van der Waals surface area contributed by atoms with Crippen molar-refractivity contribution in [1.29, 1.82) is 0 Å². The fourth-order valence-electron chi connectivity index (χ4n) is 2.40. The molecule has 1 saturated heterocycles. The van der Waals surface area contributed by atoms with E-state index in [9.17, 15) is 4.79 Å². The number of anilines is 2. The van der Waals surface area contributed by atoms with E-state index in [4.69, 9.17) is 4.74 Å². The van der Waals surface area contributed by atoms with Crippen molar-refractivity contribution in [3.8, 4) is 0 Å². The van der Waals surface area contributed by atoms with Crippen LogP contribution in [-0.2, 0) is 9.53 Å². The molecule has 0 bridgehead atoms. The van der Waals surface area contributed by atoms with Crippen molar-refractivity contribution in [2.24, 2.45) is 5.92 Å². The van der Waals surface area contributed by atoms with Gasteiger partial charge in [0, 0.05) is 36.1 Å². The summed E-state index contributed by atoms with van der Waals surface area (Å²) in [6.07, 6.45) is 2.28. The van der Waals surface area contributed by atoms with E-state index >= 15 is 0 Å². The van der Waals surface area contributed by atoms with Crippen molar-refractivity contribution in [2.75, 3.05) is 41.9 Å². The summed E-state index contributed by atoms with van der Waals surface area (Å²) in [5, 5.41) is 2.97. The summed E-state index contributed by atoms with van der Waals surface area (Å²) in [7, 11) is 0. The minimum atomic E-state index is 0.0276. The molecule has 0 unspecified atom stereocenters. The van der Waals surface area contributed by atoms with Crippen LogP contribution in [0.3, 0.4) is 0 Å². The molecule has 0 aromatic heterocycles. The number of carbonyl (C=O) groups is 1. The summed E-state index contributed by atoms with van der Waals surface area (Å²) in [5.41, 5.74) is 2.04. The first-order valence-electron chi connectivity index (χ1n) is 7.36. The molecule has 1 aromatic rings. The predicted octanol–water partition coefficient (Wildman–Crippen LogP) is 2.85. The summed E-state index contributed by atoms with van der Waals surface area (Å²) >= 11 is 1.69. The van der Waals surface area contributed by atoms with Gasteiger partial charge in [0.25, 0.3) is 0 Å². The second kappa shape index (κ2) is 7.71. The van der Waals surface area contributed by atoms with Crippen molar-refractivity contribution in [1.82, 2.24) is 0 Å². The number of hydrogen-bond acceptors (Lipinski definition) is 4. The molecule has 1 aliphatic heterocycles. The van der Waals surface area contributed by atoms with Crippen LogP contribution in [0, 0.1) is 5.92 Å². The van der Waals surface area contributed by atoms with Crippen LogP contribution >= 0.6 is 11.8 Å². The fourth-order valence-corrected chi connectivity index (χ4v) is 3.05. The zero-order valence-electron chi connectivity index (χ0n) is 13.0. The highest BCUT2D eigenvalue weighted by atomic mass is 32.2. The molecule has 5 heteroatoms. The Kier molecular flexibility index (Phi) is 5.94. The number of nitrogens with one attached hydrogen (secondary N) is 1. The second-order valence-electron chi connectivity index (χ2n) is 5.52. The van der Waals surface area contributed by atoms with Crippen LogP contribution < -0.4 is 10.2 Å². The third-order valence-electron chi connectivity index (χ3n) is 3.61. The number of thioether (sulfide) groups is 1. The first kappa shape index (κ1) is 16.2. The van der Waals surface area contributed by atoms with Crippen molar-refractivity contribution >= 4 is 29.0 Å². The molecule has 1 aliphatic rings. The van der Waals surface area contributed by atoms with Crippen LogP contribution in [0.1, 0.15) is 13.8 Å². The molecule has 1 heterocycles. The van der Waals surface area contributed by atoms with Gasteiger partial charge in [-0.05, 0) is 37.4 Å². The second-order valence-corrected chi connectivity index (χ2v) is 6.43. The van der Waals surface area contributed by atoms with Gasteiger partial charge in [0.05, 0.1) is 12.7 Å². The molecule has 0 spiro atoms. The van der Waals surface area contributed by atoms with Crippen molar-refractivity contribution in [3.63, 3.8) is 0 Å². The Hall–Kier alpha value is -1.20. The van der Waals surface area contributed by atoms with E-state index in [0.717, 1.165) is 31.1 Å². The van der Waals surface area contributed by atoms with Crippen LogP contribution in [0.25, 0.3) is 0 Å². The van der Waals surface area contributed by atoms with Crippen molar-refractivity contribution in [2.45, 2.75) is 20.0 Å². The smallest absolute Gasteiger partial charge is 0.228 e. The molecule has 2 rings (SSSR count). The lowest BCUT2D eigenvalue weighted by Crippen LogP contribution is -2.41. The fraction of sp³-hybridized carbons (Fsp3) is 0.562. The lowest BCUT2D eigenvalue weighted by Gasteiger charge is -2.33. The van der Waals surface area contributed by atoms with Gasteiger partial charge in [-0.3, -0.25) is 4.79 Å². The van der Waals surface area contributed by atoms with E-state index in [2.05, 4.69) is 29.3 Å². The number of amides is 1. The van der Waals surface area contributed by atoms with E-state index in [1.807, 2.05) is 25.3 Å². The third-order valence-corrected chi connectivity index (χ3v) is 4.44. The van der Waals surface area contributed by atoms with Gasteiger partial charge in [0.15, 0.2) is 0 Å². The van der Waals surface area contributed by atoms with E-state index < -0.39 is 0 Å². The zero-order valence-corrected chi connectivity index (χ0v) is 13.8. The van der Waals surface area contributed by atoms with Gasteiger partial charge >= 0.3 is 0 Å². The van der Waals surface area contributed by atoms with Gasteiger partial charge in [-0.25, -0.2) is 0 Å². The van der Waals surface area contributed by atoms with Gasteiger partial charge < -0.3 is 15.0 Å². The van der Waals surface area contributed by atoms with Crippen molar-refractivity contribution in [3.05, 3.63) is 24.3 Å². The number of nitrogens with zero attached hydrogens (tertiary/aromatic N) is 1. The standard InChI is InChI=1S/C16H24N2O2S/c1-12(11-21-3)16(19)17-14-4-6-15(7-5-14)18-8-9-20-13(2)10-18/h4-7,12-13H,8-11H2,1-3H3,(H,17,19)/t12-,13-/m0/s1. The molecule has 0 radical (unpaired) electrons. The Morgan fingerprint density at radius 1 is 1.48 bits per heavy atom. The van der Waals surface area contributed by atoms with Gasteiger partial charge in [-0.15, -0.1) is 0 Å². The highest BCUT2D eigenvalue weighted by molar-refractivity contribution is 7.98. The van der Waals surface area contributed by atoms with E-state index in [1.54, 1.807) is 11.8 Å². The Bertz CT molecular complexity index is 464. The summed E-state index contributed by atoms with van der Waals surface area (Å²) in [5.74, 6) is 0.951. The molecule has 1 aromatic carbocycles. The highest BCUT2D eigenvalue weighted by Gasteiger charge is 2.17. The van der Waals surface area contributed by atoms with Gasteiger partial charge in [0.1, 0.15) is 0 Å². The minimum Gasteiger partial charge on any atom is -0.375 e. The largest absolute Gasteiger partial charge is 0.375 e. The molecule has 4 nitrogen and oxygen atoms in total. The van der Waals surface area contributed by atoms with Crippen LogP contribution in [0.2, 0.25) is 0 Å². The highest BCUT2D eigenvalue weighted by Crippen LogP contribution is 2.21. The molecule has 21 heavy (non-hydrogen) atoms. The molecule has 0 aliphatic carbocycles. The normalized spacial score (nSPS) is 20.1. The molecule has 2 atom stereocenters. The van der Waals surface area contributed by atoms with Crippen LogP contribution in [0.4, 0.5) is 11.4 Å². The molecular formula is C16H24N2O2S. The zero-order chi connectivity index (χ0) is 15.2. The average Bonchev–Trinajstić information content (AvgIpc) is 2.48. The topological polar surface area (TPSA) is 41.6 Å². The van der Waals surface area contributed by atoms with Gasteiger partial charge in [-0.2, -0.15) is 11.8 Å². The number of rotatable bonds is 5. The molecule has 1 N–H and O–H groups in total. The Balaban J connectivity index is 1.94. The maximum absolute atomic E-state index is 12.0.